The zero-order chi connectivity index (χ0) is 16.3. The molecule has 0 fully saturated rings. The highest BCUT2D eigenvalue weighted by Crippen LogP contribution is 2.31. The van der Waals surface area contributed by atoms with Gasteiger partial charge in [-0.05, 0) is 48.5 Å². The molecule has 0 aromatic heterocycles. The van der Waals surface area contributed by atoms with Crippen molar-refractivity contribution in [2.45, 2.75) is 19.6 Å². The molecule has 0 atom stereocenters. The number of rotatable bonds is 10. The maximum absolute atomic E-state index is 5.07. The molecule has 0 aliphatic carbocycles. The standard InChI is InChI=1S/C18H22O2S3/c1-19-11-13-21-15-3-7-17(8-4-15)23-18-9-5-16(6-10-18)22-14-12-20-2/h3-10H,11-14H2,1-2H3. The molecule has 2 aromatic carbocycles. The van der Waals surface area contributed by atoms with E-state index in [1.54, 1.807) is 26.0 Å². The largest absolute Gasteiger partial charge is 0.384 e. The molecule has 0 aliphatic heterocycles. The van der Waals surface area contributed by atoms with Gasteiger partial charge in [0.1, 0.15) is 0 Å². The molecule has 2 aromatic rings. The molecule has 0 saturated heterocycles. The molecule has 23 heavy (non-hydrogen) atoms. The van der Waals surface area contributed by atoms with Crippen LogP contribution in [0.15, 0.2) is 68.1 Å². The fourth-order valence-electron chi connectivity index (χ4n) is 1.83. The molecular formula is C18H22O2S3. The highest BCUT2D eigenvalue weighted by molar-refractivity contribution is 8.00. The molecule has 0 aliphatic rings. The van der Waals surface area contributed by atoms with Crippen LogP contribution in [0, 0.1) is 0 Å². The smallest absolute Gasteiger partial charge is 0.0556 e. The first kappa shape index (κ1) is 18.7. The van der Waals surface area contributed by atoms with Crippen LogP contribution in [-0.4, -0.2) is 38.9 Å². The summed E-state index contributed by atoms with van der Waals surface area (Å²) in [5.74, 6) is 1.98. The first-order chi connectivity index (χ1) is 11.3. The average molecular weight is 367 g/mol. The number of benzene rings is 2. The number of hydrogen-bond donors (Lipinski definition) is 0. The van der Waals surface area contributed by atoms with E-state index in [-0.39, 0.29) is 0 Å². The van der Waals surface area contributed by atoms with Crippen LogP contribution < -0.4 is 0 Å². The first-order valence-corrected chi connectivity index (χ1v) is 10.2. The van der Waals surface area contributed by atoms with Crippen molar-refractivity contribution < 1.29 is 9.47 Å². The van der Waals surface area contributed by atoms with Crippen molar-refractivity contribution in [2.75, 3.05) is 38.9 Å². The number of methoxy groups -OCH3 is 2. The third-order valence-electron chi connectivity index (χ3n) is 3.00. The van der Waals surface area contributed by atoms with Gasteiger partial charge in [0.25, 0.3) is 0 Å². The first-order valence-electron chi connectivity index (χ1n) is 7.43. The van der Waals surface area contributed by atoms with Gasteiger partial charge in [0.15, 0.2) is 0 Å². The van der Waals surface area contributed by atoms with Gasteiger partial charge >= 0.3 is 0 Å². The van der Waals surface area contributed by atoms with Crippen LogP contribution in [0.25, 0.3) is 0 Å². The van der Waals surface area contributed by atoms with Crippen LogP contribution in [-0.2, 0) is 9.47 Å². The van der Waals surface area contributed by atoms with Crippen LogP contribution in [0.4, 0.5) is 0 Å². The van der Waals surface area contributed by atoms with Crippen LogP contribution in [0.1, 0.15) is 0 Å². The van der Waals surface area contributed by atoms with Crippen molar-refractivity contribution in [3.63, 3.8) is 0 Å². The average Bonchev–Trinajstić information content (AvgIpc) is 2.58. The lowest BCUT2D eigenvalue weighted by atomic mass is 10.4. The molecular weight excluding hydrogens is 344 g/mol. The molecule has 124 valence electrons. The van der Waals surface area contributed by atoms with Crippen molar-refractivity contribution in [3.05, 3.63) is 48.5 Å². The highest BCUT2D eigenvalue weighted by Gasteiger charge is 2.00. The summed E-state index contributed by atoms with van der Waals surface area (Å²) in [6, 6.07) is 17.4. The molecule has 0 saturated carbocycles. The maximum atomic E-state index is 5.07. The second-order valence-corrected chi connectivity index (χ2v) is 8.21. The summed E-state index contributed by atoms with van der Waals surface area (Å²) >= 11 is 5.44. The monoisotopic (exact) mass is 366 g/mol. The van der Waals surface area contributed by atoms with E-state index in [0.29, 0.717) is 0 Å². The Balaban J connectivity index is 1.84. The Morgan fingerprint density at radius 2 is 0.957 bits per heavy atom. The molecule has 0 radical (unpaired) electrons. The van der Waals surface area contributed by atoms with Crippen molar-refractivity contribution in [3.8, 4) is 0 Å². The Labute approximate surface area is 151 Å². The second-order valence-electron chi connectivity index (χ2n) is 4.73. The van der Waals surface area contributed by atoms with E-state index in [9.17, 15) is 0 Å². The lowest BCUT2D eigenvalue weighted by molar-refractivity contribution is 0.218. The van der Waals surface area contributed by atoms with Gasteiger partial charge in [-0.1, -0.05) is 11.8 Å². The van der Waals surface area contributed by atoms with E-state index in [1.807, 2.05) is 23.5 Å². The third-order valence-corrected chi connectivity index (χ3v) is 5.96. The summed E-state index contributed by atoms with van der Waals surface area (Å²) in [4.78, 5) is 5.11. The molecule has 0 spiro atoms. The van der Waals surface area contributed by atoms with Gasteiger partial charge < -0.3 is 9.47 Å². The van der Waals surface area contributed by atoms with Crippen molar-refractivity contribution >= 4 is 35.3 Å². The van der Waals surface area contributed by atoms with Gasteiger partial charge in [-0.2, -0.15) is 0 Å². The lowest BCUT2D eigenvalue weighted by Crippen LogP contribution is -1.90. The summed E-state index contributed by atoms with van der Waals surface area (Å²) < 4.78 is 10.1. The van der Waals surface area contributed by atoms with E-state index in [2.05, 4.69) is 48.5 Å². The van der Waals surface area contributed by atoms with Crippen LogP contribution >= 0.6 is 35.3 Å². The molecule has 5 heteroatoms. The van der Waals surface area contributed by atoms with Gasteiger partial charge in [-0.15, -0.1) is 23.5 Å². The van der Waals surface area contributed by atoms with Gasteiger partial charge in [-0.25, -0.2) is 0 Å². The molecule has 0 bridgehead atoms. The van der Waals surface area contributed by atoms with E-state index in [4.69, 9.17) is 9.47 Å². The Bertz CT molecular complexity index is 504. The zero-order valence-electron chi connectivity index (χ0n) is 13.5. The molecule has 0 unspecified atom stereocenters. The number of thioether (sulfide) groups is 2. The summed E-state index contributed by atoms with van der Waals surface area (Å²) in [5.41, 5.74) is 0. The second kappa shape index (κ2) is 11.0. The van der Waals surface area contributed by atoms with E-state index < -0.39 is 0 Å². The molecule has 0 heterocycles. The highest BCUT2D eigenvalue weighted by atomic mass is 32.2. The van der Waals surface area contributed by atoms with Crippen LogP contribution in [0.3, 0.4) is 0 Å². The number of ether oxygens (including phenoxy) is 2. The maximum Gasteiger partial charge on any atom is 0.0556 e. The van der Waals surface area contributed by atoms with Crippen LogP contribution in [0.5, 0.6) is 0 Å². The topological polar surface area (TPSA) is 18.5 Å². The lowest BCUT2D eigenvalue weighted by Gasteiger charge is -2.06. The number of hydrogen-bond acceptors (Lipinski definition) is 5. The van der Waals surface area contributed by atoms with E-state index >= 15 is 0 Å². The van der Waals surface area contributed by atoms with Gasteiger partial charge in [-0.3, -0.25) is 0 Å². The van der Waals surface area contributed by atoms with Crippen molar-refractivity contribution in [1.82, 2.24) is 0 Å². The molecule has 2 nitrogen and oxygen atoms in total. The van der Waals surface area contributed by atoms with Crippen molar-refractivity contribution in [1.29, 1.82) is 0 Å². The van der Waals surface area contributed by atoms with Crippen molar-refractivity contribution in [2.24, 2.45) is 0 Å². The SMILES string of the molecule is COCCSc1ccc(Sc2ccc(SCCOC)cc2)cc1. The summed E-state index contributed by atoms with van der Waals surface area (Å²) in [6.07, 6.45) is 0. The third kappa shape index (κ3) is 7.23. The minimum absolute atomic E-state index is 0.788. The Morgan fingerprint density at radius 3 is 1.30 bits per heavy atom. The minimum Gasteiger partial charge on any atom is -0.384 e. The summed E-state index contributed by atoms with van der Waals surface area (Å²) in [5, 5.41) is 0. The predicted octanol–water partition coefficient (Wildman–Crippen LogP) is 5.31. The molecule has 0 N–H and O–H groups in total. The Morgan fingerprint density at radius 1 is 0.609 bits per heavy atom. The Hall–Kier alpha value is -0.590. The van der Waals surface area contributed by atoms with Gasteiger partial charge in [0, 0.05) is 45.3 Å². The quantitative estimate of drug-likeness (QED) is 0.417. The molecule has 0 amide bonds. The van der Waals surface area contributed by atoms with E-state index in [1.165, 1.54) is 19.6 Å². The summed E-state index contributed by atoms with van der Waals surface area (Å²) in [6.45, 7) is 1.58. The Kier molecular flexibility index (Phi) is 9.01. The van der Waals surface area contributed by atoms with Gasteiger partial charge in [0.05, 0.1) is 13.2 Å². The predicted molar refractivity (Wildman–Crippen MR) is 102 cm³/mol. The minimum atomic E-state index is 0.788. The fraction of sp³-hybridized carbons (Fsp3) is 0.333. The normalized spacial score (nSPS) is 10.9. The summed E-state index contributed by atoms with van der Waals surface area (Å²) in [7, 11) is 3.48. The fourth-order valence-corrected chi connectivity index (χ4v) is 4.27. The zero-order valence-corrected chi connectivity index (χ0v) is 15.9. The van der Waals surface area contributed by atoms with Crippen LogP contribution in [0.2, 0.25) is 0 Å². The van der Waals surface area contributed by atoms with E-state index in [0.717, 1.165) is 24.7 Å². The van der Waals surface area contributed by atoms with Gasteiger partial charge in [0.2, 0.25) is 0 Å². The molecule has 2 rings (SSSR count).